The quantitative estimate of drug-likeness (QED) is 0.0376. The van der Waals surface area contributed by atoms with E-state index in [0.29, 0.717) is 5.75 Å². The predicted octanol–water partition coefficient (Wildman–Crippen LogP) is 18.7. The van der Waals surface area contributed by atoms with Gasteiger partial charge >= 0.3 is 0 Å². The van der Waals surface area contributed by atoms with Crippen LogP contribution in [0.4, 0.5) is 0 Å². The molecule has 21 atom stereocenters. The number of benzene rings is 12. The largest absolute Gasteiger partial charge is 0.387 e. The molecule has 5 aliphatic heterocycles. The summed E-state index contributed by atoms with van der Waals surface area (Å²) in [5.74, 6) is 0.692. The molecule has 5 aliphatic rings. The van der Waals surface area contributed by atoms with E-state index in [1.54, 1.807) is 11.8 Å². The molecule has 133 heavy (non-hydrogen) atoms. The zero-order valence-corrected chi connectivity index (χ0v) is 75.5. The molecule has 0 aromatic heterocycles. The number of fused-ring (bicyclic) bond motifs is 1. The molecule has 1 N–H and O–H groups in total. The van der Waals surface area contributed by atoms with Crippen molar-refractivity contribution in [1.82, 2.24) is 0 Å². The van der Waals surface area contributed by atoms with E-state index in [0.717, 1.165) is 72.3 Å². The van der Waals surface area contributed by atoms with Gasteiger partial charge in [0.2, 0.25) is 0 Å². The maximum Gasteiger partial charge on any atom is 0.187 e. The fourth-order valence-electron chi connectivity index (χ4n) is 17.3. The van der Waals surface area contributed by atoms with Crippen LogP contribution in [-0.2, 0) is 174 Å². The summed E-state index contributed by atoms with van der Waals surface area (Å²) in [7, 11) is 0. The Kier molecular flexibility index (Phi) is 35.8. The van der Waals surface area contributed by atoms with Gasteiger partial charge in [0.25, 0.3) is 0 Å². The van der Waals surface area contributed by atoms with Crippen LogP contribution in [0, 0.1) is 0 Å². The molecule has 0 amide bonds. The summed E-state index contributed by atoms with van der Waals surface area (Å²) in [6.45, 7) is 4.39. The summed E-state index contributed by atoms with van der Waals surface area (Å²) in [6, 6.07) is 118. The number of aliphatic hydroxyl groups is 1. The van der Waals surface area contributed by atoms with Crippen LogP contribution in [0.3, 0.4) is 0 Å². The first kappa shape index (κ1) is 94.9. The van der Waals surface area contributed by atoms with Crippen LogP contribution in [0.5, 0.6) is 0 Å². The van der Waals surface area contributed by atoms with Crippen LogP contribution < -0.4 is 0 Å². The van der Waals surface area contributed by atoms with Crippen LogP contribution in [-0.4, -0.2) is 159 Å². The van der Waals surface area contributed by atoms with Crippen molar-refractivity contribution in [3.05, 3.63) is 430 Å². The van der Waals surface area contributed by atoms with Crippen molar-refractivity contribution in [1.29, 1.82) is 0 Å². The minimum Gasteiger partial charge on any atom is -0.387 e. The van der Waals surface area contributed by atoms with E-state index in [4.69, 9.17) is 94.7 Å². The number of ether oxygens (including phenoxy) is 20. The van der Waals surface area contributed by atoms with E-state index < -0.39 is 128 Å². The Bertz CT molecular complexity index is 5260. The summed E-state index contributed by atoms with van der Waals surface area (Å²) >= 11 is 1.63. The lowest BCUT2D eigenvalue weighted by Crippen LogP contribution is -2.66. The van der Waals surface area contributed by atoms with Gasteiger partial charge in [-0.05, 0) is 72.5 Å². The second-order valence-electron chi connectivity index (χ2n) is 33.7. The molecular weight excluding hydrogens is 1700 g/mol. The lowest BCUT2D eigenvalue weighted by atomic mass is 9.95. The number of rotatable bonds is 46. The molecule has 1 unspecified atom stereocenters. The average molecular weight is 1820 g/mol. The summed E-state index contributed by atoms with van der Waals surface area (Å²) < 4.78 is 143. The molecule has 0 bridgehead atoms. The molecule has 22 heteroatoms. The normalized spacial score (nSPS) is 26.5. The van der Waals surface area contributed by atoms with Crippen molar-refractivity contribution in [2.45, 2.75) is 214 Å². The summed E-state index contributed by atoms with van der Waals surface area (Å²) in [6.07, 6.45) is -19.0. The van der Waals surface area contributed by atoms with Gasteiger partial charge < -0.3 is 99.8 Å². The molecule has 5 fully saturated rings. The van der Waals surface area contributed by atoms with E-state index in [-0.39, 0.29) is 106 Å². The number of aliphatic hydroxyl groups excluding tert-OH is 1. The van der Waals surface area contributed by atoms with Gasteiger partial charge in [0.1, 0.15) is 103 Å². The first-order valence-corrected chi connectivity index (χ1v) is 47.2. The molecule has 21 nitrogen and oxygen atoms in total. The predicted molar refractivity (Wildman–Crippen MR) is 502 cm³/mol. The van der Waals surface area contributed by atoms with Crippen molar-refractivity contribution in [2.24, 2.45) is 0 Å². The van der Waals surface area contributed by atoms with Crippen LogP contribution in [0.15, 0.2) is 358 Å². The van der Waals surface area contributed by atoms with E-state index in [1.807, 2.05) is 358 Å². The Morgan fingerprint density at radius 3 is 0.977 bits per heavy atom. The van der Waals surface area contributed by atoms with Crippen molar-refractivity contribution in [3.8, 4) is 0 Å². The first-order chi connectivity index (χ1) is 65.8. The third-order valence-electron chi connectivity index (χ3n) is 24.1. The van der Waals surface area contributed by atoms with Gasteiger partial charge in [0.05, 0.1) is 106 Å². The zero-order valence-electron chi connectivity index (χ0n) is 74.7. The number of thioether (sulfide) groups is 1. The average Bonchev–Trinajstić information content (AvgIpc) is 0.765. The number of hydrogen-bond acceptors (Lipinski definition) is 22. The Morgan fingerprint density at radius 1 is 0.263 bits per heavy atom. The SMILES string of the molecule is CCS[C@@H]1O[C@H](COCc2cccc(CO[C@@H]3[C@H](O)[C@@H](OCc4ccccc4)[C@H](O[C@H]4[C@H](OCc5ccccc5)[C@@H](OCc5ccccc5)[C@H](OCc5ccccc5)O[C@@H]4COCc4ccccc4)O[C@@H]3COCc3ccccc3)c2)[C@@H](O[C@H]2O[C@@H]3COC(c4ccccc4)O[C@H]3[C@H](OCc3ccccc3)[C@H]2OCc2ccccc2)[C@H](OCc2ccccc2)[C@H]1OCc1ccccc1. The van der Waals surface area contributed by atoms with Crippen LogP contribution in [0.1, 0.15) is 85.5 Å². The molecule has 17 rings (SSSR count). The third kappa shape index (κ3) is 27.1. The second-order valence-corrected chi connectivity index (χ2v) is 35.1. The van der Waals surface area contributed by atoms with E-state index in [1.165, 1.54) is 0 Å². The highest BCUT2D eigenvalue weighted by molar-refractivity contribution is 7.99. The minimum absolute atomic E-state index is 0.0146. The summed E-state index contributed by atoms with van der Waals surface area (Å²) in [4.78, 5) is 0. The highest BCUT2D eigenvalue weighted by Gasteiger charge is 2.58. The minimum atomic E-state index is -1.41. The highest BCUT2D eigenvalue weighted by Crippen LogP contribution is 2.43. The molecule has 12 aromatic carbocycles. The van der Waals surface area contributed by atoms with E-state index >= 15 is 0 Å². The molecule has 0 radical (unpaired) electrons. The summed E-state index contributed by atoms with van der Waals surface area (Å²) in [5, 5.41) is 13.6. The van der Waals surface area contributed by atoms with Crippen molar-refractivity contribution >= 4 is 11.8 Å². The topological polar surface area (TPSA) is 205 Å². The molecule has 694 valence electrons. The Labute approximate surface area is 783 Å². The van der Waals surface area contributed by atoms with Crippen LogP contribution >= 0.6 is 11.8 Å². The second kappa shape index (κ2) is 50.1. The lowest BCUT2D eigenvalue weighted by molar-refractivity contribution is -0.389. The fraction of sp³-hybridized carbons (Fsp3) is 0.351. The van der Waals surface area contributed by atoms with Crippen molar-refractivity contribution < 1.29 is 99.8 Å². The smallest absolute Gasteiger partial charge is 0.187 e. The number of hydrogen-bond donors (Lipinski definition) is 1. The van der Waals surface area contributed by atoms with Crippen molar-refractivity contribution in [3.63, 3.8) is 0 Å². The van der Waals surface area contributed by atoms with Gasteiger partial charge in [0.15, 0.2) is 25.2 Å². The molecule has 0 spiro atoms. The zero-order chi connectivity index (χ0) is 90.2. The molecule has 12 aromatic rings. The monoisotopic (exact) mass is 1820 g/mol. The van der Waals surface area contributed by atoms with Gasteiger partial charge in [-0.25, -0.2) is 0 Å². The summed E-state index contributed by atoms with van der Waals surface area (Å²) in [5.41, 5.74) is 11.3. The standard InChI is InChI=1S/C111H118O21S/c1-2-133-111-106(123-71-86-53-30-11-31-54-86)103(120-68-83-47-24-8-25-48-83)98(132-110-105(122-70-85-51-28-10-29-52-85)102(119-67-82-45-22-7-23-46-82)99-94(128-110)77-125-107(130-99)90-59-34-13-35-60-90)93(129-111)76-115-64-88-57-36-58-89(61-88)73-116-96-91(74-113-62-78-37-14-3-15-38-78)127-109(100(95(96)112)117-65-80-41-18-5-19-42-80)131-97-92(75-114-63-79-39-16-4-17-40-79)126-108(124-72-87-55-32-12-33-56-87)104(121-69-84-49-26-9-27-50-84)101(97)118-66-81-43-20-6-21-44-81/h3-61,91-112H,2,62-77H2,1H3/t91-,92-,93-,94-,95+,96+,97-,98-,99-,100-,101+,102+,103+,104-,105-,106-,107?,108-,109+,110-,111+/m1/s1. The van der Waals surface area contributed by atoms with Gasteiger partial charge in [-0.15, -0.1) is 11.8 Å². The molecule has 5 saturated heterocycles. The van der Waals surface area contributed by atoms with Gasteiger partial charge in [0, 0.05) is 5.56 Å². The van der Waals surface area contributed by atoms with Gasteiger partial charge in [-0.1, -0.05) is 365 Å². The lowest BCUT2D eigenvalue weighted by Gasteiger charge is -2.51. The molecule has 0 saturated carbocycles. The van der Waals surface area contributed by atoms with Gasteiger partial charge in [-0.3, -0.25) is 0 Å². The molecule has 5 heterocycles. The van der Waals surface area contributed by atoms with Crippen LogP contribution in [0.2, 0.25) is 0 Å². The first-order valence-electron chi connectivity index (χ1n) is 46.1. The maximum atomic E-state index is 13.6. The van der Waals surface area contributed by atoms with Crippen LogP contribution in [0.25, 0.3) is 0 Å². The third-order valence-corrected chi connectivity index (χ3v) is 25.1. The van der Waals surface area contributed by atoms with E-state index in [2.05, 4.69) is 6.92 Å². The molecule has 0 aliphatic carbocycles. The highest BCUT2D eigenvalue weighted by atomic mass is 32.2. The molecular formula is C111H118O21S. The maximum absolute atomic E-state index is 13.6. The van der Waals surface area contributed by atoms with Crippen molar-refractivity contribution in [2.75, 3.05) is 32.2 Å². The van der Waals surface area contributed by atoms with E-state index in [9.17, 15) is 5.11 Å². The Balaban J connectivity index is 0.671. The Hall–Kier alpha value is -9.85. The van der Waals surface area contributed by atoms with Gasteiger partial charge in [-0.2, -0.15) is 0 Å². The Morgan fingerprint density at radius 2 is 0.556 bits per heavy atom. The fourth-order valence-corrected chi connectivity index (χ4v) is 18.3.